The Hall–Kier alpha value is -2.54. The zero-order valence-electron chi connectivity index (χ0n) is 15.7. The van der Waals surface area contributed by atoms with E-state index < -0.39 is 0 Å². The van der Waals surface area contributed by atoms with E-state index in [1.54, 1.807) is 13.2 Å². The Balaban J connectivity index is 1.53. The Labute approximate surface area is 158 Å². The highest BCUT2D eigenvalue weighted by atomic mass is 16.5. The zero-order chi connectivity index (χ0) is 18.8. The molecule has 1 fully saturated rings. The molecule has 2 N–H and O–H groups in total. The molecule has 0 bridgehead atoms. The first-order chi connectivity index (χ1) is 13.1. The molecule has 0 spiro atoms. The molecule has 0 aliphatic carbocycles. The van der Waals surface area contributed by atoms with E-state index in [-0.39, 0.29) is 11.3 Å². The lowest BCUT2D eigenvalue weighted by atomic mass is 10.1. The number of nitrogens with one attached hydrogen (secondary N) is 1. The summed E-state index contributed by atoms with van der Waals surface area (Å²) in [5, 5.41) is 10.2. The van der Waals surface area contributed by atoms with Crippen LogP contribution in [-0.4, -0.2) is 46.7 Å². The van der Waals surface area contributed by atoms with E-state index in [4.69, 9.17) is 9.72 Å². The number of anilines is 1. The molecule has 7 heteroatoms. The summed E-state index contributed by atoms with van der Waals surface area (Å²) in [4.78, 5) is 24.7. The van der Waals surface area contributed by atoms with Crippen molar-refractivity contribution < 1.29 is 9.84 Å². The van der Waals surface area contributed by atoms with E-state index >= 15 is 0 Å². The van der Waals surface area contributed by atoms with Gasteiger partial charge >= 0.3 is 0 Å². The summed E-state index contributed by atoms with van der Waals surface area (Å²) in [5.41, 5.74) is 2.50. The molecule has 0 atom stereocenters. The first-order valence-corrected chi connectivity index (χ1v) is 9.59. The van der Waals surface area contributed by atoms with Crippen molar-refractivity contribution in [3.63, 3.8) is 0 Å². The Bertz CT molecular complexity index is 874. The second-order valence-corrected chi connectivity index (χ2v) is 7.32. The third kappa shape index (κ3) is 3.78. The molecule has 7 nitrogen and oxygen atoms in total. The Kier molecular flexibility index (Phi) is 5.03. The van der Waals surface area contributed by atoms with Crippen LogP contribution < -0.4 is 15.2 Å². The van der Waals surface area contributed by atoms with Crippen LogP contribution >= 0.6 is 0 Å². The average Bonchev–Trinajstić information content (AvgIpc) is 2.70. The maximum absolute atomic E-state index is 12.5. The van der Waals surface area contributed by atoms with Gasteiger partial charge in [0, 0.05) is 49.9 Å². The monoisotopic (exact) mass is 370 g/mol. The highest BCUT2D eigenvalue weighted by molar-refractivity contribution is 5.40. The quantitative estimate of drug-likeness (QED) is 0.857. The van der Waals surface area contributed by atoms with E-state index in [2.05, 4.69) is 14.8 Å². The normalized spacial score (nSPS) is 17.6. The minimum Gasteiger partial charge on any atom is -0.507 e. The van der Waals surface area contributed by atoms with Crippen LogP contribution in [0.3, 0.4) is 0 Å². The topological polar surface area (TPSA) is 81.7 Å². The molecule has 4 rings (SSSR count). The van der Waals surface area contributed by atoms with Gasteiger partial charge in [-0.15, -0.1) is 0 Å². The minimum atomic E-state index is -0.00693. The van der Waals surface area contributed by atoms with Gasteiger partial charge in [-0.1, -0.05) is 6.07 Å². The van der Waals surface area contributed by atoms with Crippen molar-refractivity contribution in [1.29, 1.82) is 0 Å². The lowest BCUT2D eigenvalue weighted by Crippen LogP contribution is -2.38. The van der Waals surface area contributed by atoms with Crippen LogP contribution in [0.25, 0.3) is 0 Å². The van der Waals surface area contributed by atoms with Crippen molar-refractivity contribution in [2.45, 2.75) is 38.8 Å². The largest absolute Gasteiger partial charge is 0.507 e. The Morgan fingerprint density at radius 3 is 2.78 bits per heavy atom. The number of phenolic OH excluding ortho intramolecular Hbond substituents is 1. The van der Waals surface area contributed by atoms with Crippen molar-refractivity contribution in [3.05, 3.63) is 45.4 Å². The molecule has 0 radical (unpaired) electrons. The van der Waals surface area contributed by atoms with Crippen LogP contribution in [0.15, 0.2) is 23.0 Å². The lowest BCUT2D eigenvalue weighted by Gasteiger charge is -2.31. The van der Waals surface area contributed by atoms with Crippen LogP contribution in [0.2, 0.25) is 0 Å². The number of hydrogen-bond donors (Lipinski definition) is 2. The van der Waals surface area contributed by atoms with Crippen molar-refractivity contribution in [2.24, 2.45) is 0 Å². The van der Waals surface area contributed by atoms with Gasteiger partial charge in [-0.2, -0.15) is 0 Å². The molecule has 2 aliphatic rings. The second-order valence-electron chi connectivity index (χ2n) is 7.32. The molecule has 2 aromatic rings. The predicted octanol–water partition coefficient (Wildman–Crippen LogP) is 2.03. The molecular weight excluding hydrogens is 344 g/mol. The van der Waals surface area contributed by atoms with Gasteiger partial charge in [-0.3, -0.25) is 14.7 Å². The van der Waals surface area contributed by atoms with Gasteiger partial charge in [0.15, 0.2) is 0 Å². The number of nitrogens with zero attached hydrogens (tertiary/aromatic N) is 3. The fourth-order valence-electron chi connectivity index (χ4n) is 3.92. The molecule has 1 aromatic heterocycles. The summed E-state index contributed by atoms with van der Waals surface area (Å²) in [5.74, 6) is 1.57. The smallest absolute Gasteiger partial charge is 0.255 e. The zero-order valence-corrected chi connectivity index (χ0v) is 15.7. The number of ether oxygens (including phenoxy) is 1. The first kappa shape index (κ1) is 17.9. The first-order valence-electron chi connectivity index (χ1n) is 9.59. The standard InChI is InChI=1S/C20H26N4O3/c1-27-15-6-5-14(18(25)11-15)12-23-10-7-16-17(13-23)21-20(22-19(16)26)24-8-3-2-4-9-24/h5-6,11,25H,2-4,7-10,12-13H2,1H3,(H,21,22,26). The van der Waals surface area contributed by atoms with Crippen LogP contribution in [0.1, 0.15) is 36.1 Å². The number of aromatic amines is 1. The van der Waals surface area contributed by atoms with E-state index in [0.29, 0.717) is 31.2 Å². The molecule has 0 unspecified atom stereocenters. The molecule has 144 valence electrons. The fourth-order valence-corrected chi connectivity index (χ4v) is 3.92. The van der Waals surface area contributed by atoms with Crippen LogP contribution in [0, 0.1) is 0 Å². The predicted molar refractivity (Wildman–Crippen MR) is 103 cm³/mol. The van der Waals surface area contributed by atoms with E-state index in [9.17, 15) is 9.90 Å². The number of phenols is 1. The molecule has 3 heterocycles. The van der Waals surface area contributed by atoms with Gasteiger partial charge in [-0.05, 0) is 31.7 Å². The van der Waals surface area contributed by atoms with Gasteiger partial charge in [0.05, 0.1) is 12.8 Å². The molecule has 2 aliphatic heterocycles. The number of methoxy groups -OCH3 is 1. The van der Waals surface area contributed by atoms with E-state index in [1.807, 2.05) is 12.1 Å². The summed E-state index contributed by atoms with van der Waals surface area (Å²) in [6.07, 6.45) is 4.20. The maximum atomic E-state index is 12.5. The number of rotatable bonds is 4. The minimum absolute atomic E-state index is 0.00693. The summed E-state index contributed by atoms with van der Waals surface area (Å²) >= 11 is 0. The highest BCUT2D eigenvalue weighted by Gasteiger charge is 2.23. The van der Waals surface area contributed by atoms with Gasteiger partial charge in [0.2, 0.25) is 5.95 Å². The number of H-pyrrole nitrogens is 1. The third-order valence-corrected chi connectivity index (χ3v) is 5.48. The van der Waals surface area contributed by atoms with Crippen LogP contribution in [0.4, 0.5) is 5.95 Å². The number of aromatic nitrogens is 2. The van der Waals surface area contributed by atoms with E-state index in [0.717, 1.165) is 49.3 Å². The van der Waals surface area contributed by atoms with E-state index in [1.165, 1.54) is 6.42 Å². The summed E-state index contributed by atoms with van der Waals surface area (Å²) in [7, 11) is 1.58. The summed E-state index contributed by atoms with van der Waals surface area (Å²) in [6.45, 7) is 3.90. The number of fused-ring (bicyclic) bond motifs is 1. The van der Waals surface area contributed by atoms with Gasteiger partial charge in [0.1, 0.15) is 11.5 Å². The summed E-state index contributed by atoms with van der Waals surface area (Å²) < 4.78 is 5.14. The number of benzene rings is 1. The molecule has 1 aromatic carbocycles. The number of aromatic hydroxyl groups is 1. The third-order valence-electron chi connectivity index (χ3n) is 5.48. The molecule has 1 saturated heterocycles. The maximum Gasteiger partial charge on any atom is 0.255 e. The molecular formula is C20H26N4O3. The van der Waals surface area contributed by atoms with Crippen molar-refractivity contribution in [3.8, 4) is 11.5 Å². The average molecular weight is 370 g/mol. The Morgan fingerprint density at radius 1 is 1.22 bits per heavy atom. The summed E-state index contributed by atoms with van der Waals surface area (Å²) in [6, 6.07) is 5.36. The molecule has 0 saturated carbocycles. The molecule has 0 amide bonds. The second kappa shape index (κ2) is 7.60. The van der Waals surface area contributed by atoms with Gasteiger partial charge < -0.3 is 14.7 Å². The van der Waals surface area contributed by atoms with Crippen molar-refractivity contribution in [2.75, 3.05) is 31.6 Å². The Morgan fingerprint density at radius 2 is 2.04 bits per heavy atom. The lowest BCUT2D eigenvalue weighted by molar-refractivity contribution is 0.237. The molecule has 27 heavy (non-hydrogen) atoms. The van der Waals surface area contributed by atoms with Crippen molar-refractivity contribution >= 4 is 5.95 Å². The fraction of sp³-hybridized carbons (Fsp3) is 0.500. The van der Waals surface area contributed by atoms with Gasteiger partial charge in [-0.25, -0.2) is 4.98 Å². The number of piperidine rings is 1. The number of hydrogen-bond acceptors (Lipinski definition) is 6. The van der Waals surface area contributed by atoms with Gasteiger partial charge in [0.25, 0.3) is 5.56 Å². The van der Waals surface area contributed by atoms with Crippen molar-refractivity contribution in [1.82, 2.24) is 14.9 Å². The van der Waals surface area contributed by atoms with Crippen LogP contribution in [-0.2, 0) is 19.5 Å². The highest BCUT2D eigenvalue weighted by Crippen LogP contribution is 2.26. The SMILES string of the molecule is COc1ccc(CN2CCc3c(nc(N4CCCCC4)[nH]c3=O)C2)c(O)c1. The van der Waals surface area contributed by atoms with Crippen LogP contribution in [0.5, 0.6) is 11.5 Å².